The molecular formula is C11H17N3O3. The Labute approximate surface area is 99.1 Å². The van der Waals surface area contributed by atoms with E-state index in [4.69, 9.17) is 5.11 Å². The number of hydrogen-bond acceptors (Lipinski definition) is 4. The summed E-state index contributed by atoms with van der Waals surface area (Å²) in [5.74, 6) is -0.389. The van der Waals surface area contributed by atoms with Gasteiger partial charge in [-0.15, -0.1) is 0 Å². The Balaban J connectivity index is 2.61. The lowest BCUT2D eigenvalue weighted by molar-refractivity contribution is 0.0947. The highest BCUT2D eigenvalue weighted by Gasteiger charge is 2.09. The van der Waals surface area contributed by atoms with E-state index in [9.17, 15) is 9.59 Å². The number of carbonyl (C=O) groups excluding carboxylic acids is 1. The number of pyridine rings is 1. The van der Waals surface area contributed by atoms with Crippen LogP contribution in [0, 0.1) is 5.92 Å². The maximum atomic E-state index is 11.7. The molecule has 0 aliphatic heterocycles. The Hall–Kier alpha value is -1.82. The Morgan fingerprint density at radius 2 is 2.18 bits per heavy atom. The van der Waals surface area contributed by atoms with E-state index in [1.54, 1.807) is 0 Å². The fourth-order valence-corrected chi connectivity index (χ4v) is 1.45. The summed E-state index contributed by atoms with van der Waals surface area (Å²) in [6.45, 7) is 3.29. The largest absolute Gasteiger partial charge is 0.494 e. The van der Waals surface area contributed by atoms with E-state index in [0.29, 0.717) is 12.5 Å². The SMILES string of the molecule is CNCC(C)CNC(=O)c1cc(O)[nH]c(=O)c1. The molecule has 0 aliphatic rings. The lowest BCUT2D eigenvalue weighted by Crippen LogP contribution is -2.32. The van der Waals surface area contributed by atoms with E-state index in [1.807, 2.05) is 14.0 Å². The Kier molecular flexibility index (Phi) is 4.71. The molecule has 94 valence electrons. The molecule has 0 bridgehead atoms. The molecule has 0 aliphatic carbocycles. The third-order valence-corrected chi connectivity index (χ3v) is 2.26. The molecular weight excluding hydrogens is 222 g/mol. The average molecular weight is 239 g/mol. The Morgan fingerprint density at radius 1 is 1.47 bits per heavy atom. The second kappa shape index (κ2) is 6.05. The van der Waals surface area contributed by atoms with Crippen LogP contribution in [-0.4, -0.2) is 36.1 Å². The molecule has 0 saturated heterocycles. The number of aromatic amines is 1. The first kappa shape index (κ1) is 13.2. The molecule has 0 saturated carbocycles. The van der Waals surface area contributed by atoms with Crippen LogP contribution in [0.15, 0.2) is 16.9 Å². The molecule has 1 atom stereocenters. The van der Waals surface area contributed by atoms with Crippen LogP contribution in [0.5, 0.6) is 5.88 Å². The summed E-state index contributed by atoms with van der Waals surface area (Å²) in [6, 6.07) is 2.37. The minimum absolute atomic E-state index is 0.155. The van der Waals surface area contributed by atoms with Gasteiger partial charge in [-0.05, 0) is 19.5 Å². The number of nitrogens with one attached hydrogen (secondary N) is 3. The first-order chi connectivity index (χ1) is 8.02. The van der Waals surface area contributed by atoms with E-state index in [0.717, 1.165) is 12.6 Å². The molecule has 6 heteroatoms. The zero-order chi connectivity index (χ0) is 12.8. The summed E-state index contributed by atoms with van der Waals surface area (Å²) in [6.07, 6.45) is 0. The highest BCUT2D eigenvalue weighted by Crippen LogP contribution is 2.04. The zero-order valence-electron chi connectivity index (χ0n) is 9.91. The molecule has 1 amide bonds. The van der Waals surface area contributed by atoms with E-state index in [1.165, 1.54) is 6.07 Å². The van der Waals surface area contributed by atoms with Gasteiger partial charge < -0.3 is 15.7 Å². The van der Waals surface area contributed by atoms with Gasteiger partial charge in [0, 0.05) is 18.7 Å². The summed E-state index contributed by atoms with van der Waals surface area (Å²) in [5.41, 5.74) is -0.346. The van der Waals surface area contributed by atoms with Gasteiger partial charge in [0.1, 0.15) is 0 Å². The van der Waals surface area contributed by atoms with Crippen molar-refractivity contribution in [2.45, 2.75) is 6.92 Å². The van der Waals surface area contributed by atoms with E-state index in [2.05, 4.69) is 15.6 Å². The summed E-state index contributed by atoms with van der Waals surface area (Å²) in [5, 5.41) is 14.9. The fourth-order valence-electron chi connectivity index (χ4n) is 1.45. The molecule has 1 aromatic rings. The molecule has 0 spiro atoms. The van der Waals surface area contributed by atoms with Gasteiger partial charge in [0.25, 0.3) is 11.5 Å². The van der Waals surface area contributed by atoms with Crippen molar-refractivity contribution in [3.63, 3.8) is 0 Å². The van der Waals surface area contributed by atoms with Crippen LogP contribution in [0.2, 0.25) is 0 Å². The minimum Gasteiger partial charge on any atom is -0.494 e. The molecule has 0 fully saturated rings. The predicted molar refractivity (Wildman–Crippen MR) is 64.2 cm³/mol. The Bertz CT molecular complexity index is 442. The maximum absolute atomic E-state index is 11.7. The molecule has 1 rings (SSSR count). The highest BCUT2D eigenvalue weighted by atomic mass is 16.3. The number of aromatic nitrogens is 1. The van der Waals surface area contributed by atoms with Crippen LogP contribution in [0.25, 0.3) is 0 Å². The first-order valence-corrected chi connectivity index (χ1v) is 5.39. The smallest absolute Gasteiger partial charge is 0.251 e. The van der Waals surface area contributed by atoms with Crippen molar-refractivity contribution in [2.24, 2.45) is 5.92 Å². The van der Waals surface area contributed by atoms with Gasteiger partial charge in [0.15, 0.2) is 5.88 Å². The van der Waals surface area contributed by atoms with E-state index < -0.39 is 5.56 Å². The molecule has 1 aromatic heterocycles. The van der Waals surface area contributed by atoms with E-state index >= 15 is 0 Å². The monoisotopic (exact) mass is 239 g/mol. The lowest BCUT2D eigenvalue weighted by atomic mass is 10.1. The van der Waals surface area contributed by atoms with Crippen molar-refractivity contribution in [3.8, 4) is 5.88 Å². The van der Waals surface area contributed by atoms with Crippen molar-refractivity contribution in [3.05, 3.63) is 28.0 Å². The molecule has 0 radical (unpaired) electrons. The van der Waals surface area contributed by atoms with Gasteiger partial charge in [-0.1, -0.05) is 6.92 Å². The molecule has 6 nitrogen and oxygen atoms in total. The third kappa shape index (κ3) is 4.28. The fraction of sp³-hybridized carbons (Fsp3) is 0.455. The second-order valence-electron chi connectivity index (χ2n) is 3.99. The number of H-pyrrole nitrogens is 1. The number of aromatic hydroxyl groups is 1. The van der Waals surface area contributed by atoms with Crippen LogP contribution in [-0.2, 0) is 0 Å². The Morgan fingerprint density at radius 3 is 2.76 bits per heavy atom. The third-order valence-electron chi connectivity index (χ3n) is 2.26. The molecule has 17 heavy (non-hydrogen) atoms. The summed E-state index contributed by atoms with van der Waals surface area (Å²) >= 11 is 0. The van der Waals surface area contributed by atoms with Crippen molar-refractivity contribution in [1.29, 1.82) is 0 Å². The number of hydrogen-bond donors (Lipinski definition) is 4. The van der Waals surface area contributed by atoms with Crippen molar-refractivity contribution in [2.75, 3.05) is 20.1 Å². The second-order valence-corrected chi connectivity index (χ2v) is 3.99. The van der Waals surface area contributed by atoms with Gasteiger partial charge in [-0.3, -0.25) is 14.6 Å². The quantitative estimate of drug-likeness (QED) is 0.565. The van der Waals surface area contributed by atoms with Crippen LogP contribution >= 0.6 is 0 Å². The van der Waals surface area contributed by atoms with Crippen molar-refractivity contribution >= 4 is 5.91 Å². The van der Waals surface area contributed by atoms with Gasteiger partial charge in [-0.2, -0.15) is 0 Å². The number of rotatable bonds is 5. The normalized spacial score (nSPS) is 12.1. The highest BCUT2D eigenvalue weighted by molar-refractivity contribution is 5.94. The van der Waals surface area contributed by atoms with Gasteiger partial charge in [0.2, 0.25) is 0 Å². The van der Waals surface area contributed by atoms with Crippen LogP contribution in [0.4, 0.5) is 0 Å². The molecule has 1 heterocycles. The van der Waals surface area contributed by atoms with Crippen molar-refractivity contribution in [1.82, 2.24) is 15.6 Å². The predicted octanol–water partition coefficient (Wildman–Crippen LogP) is -0.334. The molecule has 4 N–H and O–H groups in total. The summed E-state index contributed by atoms with van der Waals surface area (Å²) in [7, 11) is 1.84. The number of carbonyl (C=O) groups is 1. The standard InChI is InChI=1S/C11H17N3O3/c1-7(5-12-2)6-13-11(17)8-3-9(15)14-10(16)4-8/h3-4,7,12H,5-6H2,1-2H3,(H,13,17)(H2,14,15,16). The zero-order valence-corrected chi connectivity index (χ0v) is 9.91. The molecule has 1 unspecified atom stereocenters. The minimum atomic E-state index is -0.501. The summed E-state index contributed by atoms with van der Waals surface area (Å²) in [4.78, 5) is 24.9. The van der Waals surface area contributed by atoms with E-state index in [-0.39, 0.29) is 17.4 Å². The van der Waals surface area contributed by atoms with Gasteiger partial charge in [0.05, 0.1) is 5.56 Å². The first-order valence-electron chi connectivity index (χ1n) is 5.39. The van der Waals surface area contributed by atoms with Crippen molar-refractivity contribution < 1.29 is 9.90 Å². The maximum Gasteiger partial charge on any atom is 0.251 e. The lowest BCUT2D eigenvalue weighted by Gasteiger charge is -2.11. The topological polar surface area (TPSA) is 94.2 Å². The average Bonchev–Trinajstić information content (AvgIpc) is 2.25. The van der Waals surface area contributed by atoms with Gasteiger partial charge >= 0.3 is 0 Å². The van der Waals surface area contributed by atoms with Crippen LogP contribution < -0.4 is 16.2 Å². The molecule has 0 aromatic carbocycles. The number of amides is 1. The van der Waals surface area contributed by atoms with Crippen LogP contribution in [0.3, 0.4) is 0 Å². The van der Waals surface area contributed by atoms with Gasteiger partial charge in [-0.25, -0.2) is 0 Å². The summed E-state index contributed by atoms with van der Waals surface area (Å²) < 4.78 is 0. The van der Waals surface area contributed by atoms with Crippen LogP contribution in [0.1, 0.15) is 17.3 Å².